The van der Waals surface area contributed by atoms with E-state index in [0.29, 0.717) is 6.54 Å². The number of benzene rings is 2. The monoisotopic (exact) mass is 378 g/mol. The van der Waals surface area contributed by atoms with Gasteiger partial charge in [0.2, 0.25) is 5.91 Å². The summed E-state index contributed by atoms with van der Waals surface area (Å²) in [6.45, 7) is 5.81. The molecule has 2 aromatic rings. The van der Waals surface area contributed by atoms with Crippen LogP contribution in [0.15, 0.2) is 53.4 Å². The molecule has 26 heavy (non-hydrogen) atoms. The number of nitrogens with one attached hydrogen (secondary N) is 1. The lowest BCUT2D eigenvalue weighted by molar-refractivity contribution is -0.119. The Balaban J connectivity index is 2.37. The van der Waals surface area contributed by atoms with E-state index in [1.807, 2.05) is 20.8 Å². The number of carbonyl (C=O) groups excluding carboxylic acids is 1. The van der Waals surface area contributed by atoms with Crippen molar-refractivity contribution in [2.45, 2.75) is 25.7 Å². The van der Waals surface area contributed by atoms with Crippen molar-refractivity contribution in [1.82, 2.24) is 5.32 Å². The third-order valence-electron chi connectivity index (χ3n) is 3.72. The fraction of sp³-hybridized carbons (Fsp3) is 0.316. The third-order valence-corrected chi connectivity index (χ3v) is 5.51. The summed E-state index contributed by atoms with van der Waals surface area (Å²) < 4.78 is 40.3. The summed E-state index contributed by atoms with van der Waals surface area (Å²) in [5.74, 6) is -0.656. The molecule has 0 spiro atoms. The predicted octanol–water partition coefficient (Wildman–Crippen LogP) is 3.10. The first-order chi connectivity index (χ1) is 12.2. The molecule has 0 heterocycles. The molecule has 140 valence electrons. The van der Waals surface area contributed by atoms with Gasteiger partial charge in [0.05, 0.1) is 10.6 Å². The van der Waals surface area contributed by atoms with Crippen molar-refractivity contribution >= 4 is 21.6 Å². The number of sulfonamides is 1. The van der Waals surface area contributed by atoms with E-state index in [1.54, 1.807) is 12.1 Å². The number of carbonyl (C=O) groups is 1. The first kappa shape index (κ1) is 19.9. The predicted molar refractivity (Wildman–Crippen MR) is 100.0 cm³/mol. The second-order valence-electron chi connectivity index (χ2n) is 6.50. The normalized spacial score (nSPS) is 11.4. The van der Waals surface area contributed by atoms with Crippen LogP contribution in [-0.2, 0) is 14.8 Å². The second-order valence-corrected chi connectivity index (χ2v) is 8.36. The Morgan fingerprint density at radius 3 is 2.19 bits per heavy atom. The molecular formula is C19H23FN2O3S. The molecule has 0 aliphatic rings. The molecule has 0 saturated carbocycles. The molecule has 0 fully saturated rings. The molecule has 0 aromatic heterocycles. The van der Waals surface area contributed by atoms with E-state index in [0.717, 1.165) is 9.87 Å². The number of anilines is 1. The van der Waals surface area contributed by atoms with E-state index in [-0.39, 0.29) is 23.0 Å². The maximum absolute atomic E-state index is 13.2. The zero-order valence-corrected chi connectivity index (χ0v) is 15.9. The number of hydrogen-bond acceptors (Lipinski definition) is 3. The maximum atomic E-state index is 13.2. The average molecular weight is 378 g/mol. The topological polar surface area (TPSA) is 66.5 Å². The quantitative estimate of drug-likeness (QED) is 0.805. The van der Waals surface area contributed by atoms with Gasteiger partial charge in [0.15, 0.2) is 0 Å². The standard InChI is InChI=1S/C19H23FN2O3S/c1-14(2)12-21-19(23)13-22(17-8-6-16(20)7-9-17)26(24,25)18-10-4-15(3)5-11-18/h4-11,14H,12-13H2,1-3H3,(H,21,23). The Bertz CT molecular complexity index is 847. The van der Waals surface area contributed by atoms with Gasteiger partial charge in [0.1, 0.15) is 12.4 Å². The Morgan fingerprint density at radius 2 is 1.65 bits per heavy atom. The summed E-state index contributed by atoms with van der Waals surface area (Å²) >= 11 is 0. The minimum Gasteiger partial charge on any atom is -0.354 e. The number of nitrogens with zero attached hydrogens (tertiary/aromatic N) is 1. The molecule has 1 N–H and O–H groups in total. The molecule has 0 aliphatic heterocycles. The highest BCUT2D eigenvalue weighted by Crippen LogP contribution is 2.24. The zero-order valence-electron chi connectivity index (χ0n) is 15.1. The molecule has 2 rings (SSSR count). The van der Waals surface area contributed by atoms with Gasteiger partial charge in [-0.15, -0.1) is 0 Å². The molecule has 0 radical (unpaired) electrons. The first-order valence-corrected chi connectivity index (χ1v) is 9.76. The van der Waals surface area contributed by atoms with Crippen LogP contribution in [0.2, 0.25) is 0 Å². The average Bonchev–Trinajstić information content (AvgIpc) is 2.59. The van der Waals surface area contributed by atoms with Crippen LogP contribution in [0.1, 0.15) is 19.4 Å². The van der Waals surface area contributed by atoms with Crippen molar-refractivity contribution in [2.24, 2.45) is 5.92 Å². The lowest BCUT2D eigenvalue weighted by Gasteiger charge is -2.24. The zero-order chi connectivity index (χ0) is 19.3. The smallest absolute Gasteiger partial charge is 0.264 e. The summed E-state index contributed by atoms with van der Waals surface area (Å²) in [6.07, 6.45) is 0. The van der Waals surface area contributed by atoms with Crippen molar-refractivity contribution in [3.05, 3.63) is 59.9 Å². The van der Waals surface area contributed by atoms with E-state index in [2.05, 4.69) is 5.32 Å². The van der Waals surface area contributed by atoms with Crippen LogP contribution >= 0.6 is 0 Å². The van der Waals surface area contributed by atoms with E-state index < -0.39 is 21.7 Å². The van der Waals surface area contributed by atoms with Crippen LogP contribution in [0.3, 0.4) is 0 Å². The first-order valence-electron chi connectivity index (χ1n) is 8.32. The largest absolute Gasteiger partial charge is 0.354 e. The van der Waals surface area contributed by atoms with Gasteiger partial charge in [0, 0.05) is 6.54 Å². The highest BCUT2D eigenvalue weighted by Gasteiger charge is 2.27. The lowest BCUT2D eigenvalue weighted by atomic mass is 10.2. The summed E-state index contributed by atoms with van der Waals surface area (Å²) in [5, 5.41) is 2.71. The number of amides is 1. The summed E-state index contributed by atoms with van der Waals surface area (Å²) in [4.78, 5) is 12.3. The molecular weight excluding hydrogens is 355 g/mol. The second kappa shape index (κ2) is 8.31. The van der Waals surface area contributed by atoms with Gasteiger partial charge in [-0.25, -0.2) is 12.8 Å². The van der Waals surface area contributed by atoms with Crippen LogP contribution < -0.4 is 9.62 Å². The van der Waals surface area contributed by atoms with E-state index in [9.17, 15) is 17.6 Å². The Morgan fingerprint density at radius 1 is 1.08 bits per heavy atom. The van der Waals surface area contributed by atoms with E-state index >= 15 is 0 Å². The van der Waals surface area contributed by atoms with E-state index in [1.165, 1.54) is 36.4 Å². The summed E-state index contributed by atoms with van der Waals surface area (Å²) in [5.41, 5.74) is 1.15. The molecule has 0 unspecified atom stereocenters. The van der Waals surface area contributed by atoms with Crippen molar-refractivity contribution in [3.63, 3.8) is 0 Å². The molecule has 2 aromatic carbocycles. The van der Waals surface area contributed by atoms with Crippen LogP contribution in [0.4, 0.5) is 10.1 Å². The van der Waals surface area contributed by atoms with Crippen molar-refractivity contribution in [3.8, 4) is 0 Å². The highest BCUT2D eigenvalue weighted by atomic mass is 32.2. The molecule has 7 heteroatoms. The van der Waals surface area contributed by atoms with Crippen molar-refractivity contribution in [1.29, 1.82) is 0 Å². The number of rotatable bonds is 7. The minimum absolute atomic E-state index is 0.0732. The van der Waals surface area contributed by atoms with Gasteiger partial charge in [-0.1, -0.05) is 31.5 Å². The van der Waals surface area contributed by atoms with E-state index in [4.69, 9.17) is 0 Å². The van der Waals surface area contributed by atoms with Gasteiger partial charge >= 0.3 is 0 Å². The fourth-order valence-electron chi connectivity index (χ4n) is 2.26. The molecule has 0 atom stereocenters. The third kappa shape index (κ3) is 5.05. The highest BCUT2D eigenvalue weighted by molar-refractivity contribution is 7.92. The van der Waals surface area contributed by atoms with Gasteiger partial charge in [0.25, 0.3) is 10.0 Å². The number of hydrogen-bond donors (Lipinski definition) is 1. The summed E-state index contributed by atoms with van der Waals surface area (Å²) in [7, 11) is -3.97. The van der Waals surface area contributed by atoms with Gasteiger partial charge < -0.3 is 5.32 Å². The summed E-state index contributed by atoms with van der Waals surface area (Å²) in [6, 6.07) is 11.4. The Hall–Kier alpha value is -2.41. The minimum atomic E-state index is -3.97. The molecule has 5 nitrogen and oxygen atoms in total. The van der Waals surface area contributed by atoms with Crippen molar-refractivity contribution in [2.75, 3.05) is 17.4 Å². The Kier molecular flexibility index (Phi) is 6.37. The van der Waals surface area contributed by atoms with Crippen LogP contribution in [-0.4, -0.2) is 27.4 Å². The van der Waals surface area contributed by atoms with Crippen LogP contribution in [0.25, 0.3) is 0 Å². The molecule has 0 aliphatic carbocycles. The molecule has 1 amide bonds. The number of halogens is 1. The maximum Gasteiger partial charge on any atom is 0.264 e. The fourth-order valence-corrected chi connectivity index (χ4v) is 3.69. The van der Waals surface area contributed by atoms with Crippen LogP contribution in [0, 0.1) is 18.7 Å². The van der Waals surface area contributed by atoms with Crippen molar-refractivity contribution < 1.29 is 17.6 Å². The lowest BCUT2D eigenvalue weighted by Crippen LogP contribution is -2.41. The number of aryl methyl sites for hydroxylation is 1. The van der Waals surface area contributed by atoms with Gasteiger partial charge in [-0.2, -0.15) is 0 Å². The molecule has 0 bridgehead atoms. The SMILES string of the molecule is Cc1ccc(S(=O)(=O)N(CC(=O)NCC(C)C)c2ccc(F)cc2)cc1. The van der Waals surface area contributed by atoms with Gasteiger partial charge in [-0.3, -0.25) is 9.10 Å². The molecule has 0 saturated heterocycles. The van der Waals surface area contributed by atoms with Gasteiger partial charge in [-0.05, 0) is 49.2 Å². The van der Waals surface area contributed by atoms with Crippen LogP contribution in [0.5, 0.6) is 0 Å². The Labute approximate surface area is 153 Å².